The van der Waals surface area contributed by atoms with Gasteiger partial charge in [0.1, 0.15) is 0 Å². The maximum Gasteiger partial charge on any atom is 0.161 e. The lowest BCUT2D eigenvalue weighted by atomic mass is 10.0. The van der Waals surface area contributed by atoms with E-state index in [4.69, 9.17) is 9.47 Å². The maximum atomic E-state index is 5.35. The number of hydrogen-bond donors (Lipinski definition) is 1. The number of hydrogen-bond acceptors (Lipinski definition) is 3. The SMILES string of the molecule is CCCNCCCCc1cc(OC)c(OC)cc1C. The summed E-state index contributed by atoms with van der Waals surface area (Å²) in [4.78, 5) is 0. The number of methoxy groups -OCH3 is 2. The first-order valence-electron chi connectivity index (χ1n) is 7.15. The molecule has 0 bridgehead atoms. The van der Waals surface area contributed by atoms with E-state index in [0.29, 0.717) is 0 Å². The van der Waals surface area contributed by atoms with E-state index in [1.54, 1.807) is 14.2 Å². The molecule has 0 aromatic heterocycles. The highest BCUT2D eigenvalue weighted by Crippen LogP contribution is 2.30. The van der Waals surface area contributed by atoms with E-state index in [1.165, 1.54) is 30.4 Å². The number of ether oxygens (including phenoxy) is 2. The minimum Gasteiger partial charge on any atom is -0.493 e. The summed E-state index contributed by atoms with van der Waals surface area (Å²) in [6.07, 6.45) is 4.72. The Morgan fingerprint density at radius 2 is 1.68 bits per heavy atom. The zero-order chi connectivity index (χ0) is 14.1. The normalized spacial score (nSPS) is 10.5. The minimum atomic E-state index is 0.813. The van der Waals surface area contributed by atoms with Crippen LogP contribution >= 0.6 is 0 Å². The first-order chi connectivity index (χ1) is 9.22. The van der Waals surface area contributed by atoms with Gasteiger partial charge in [0.2, 0.25) is 0 Å². The zero-order valence-electron chi connectivity index (χ0n) is 12.7. The van der Waals surface area contributed by atoms with Gasteiger partial charge in [0, 0.05) is 0 Å². The fourth-order valence-electron chi connectivity index (χ4n) is 2.16. The smallest absolute Gasteiger partial charge is 0.161 e. The van der Waals surface area contributed by atoms with Gasteiger partial charge in [0.25, 0.3) is 0 Å². The Bertz CT molecular complexity index is 377. The second kappa shape index (κ2) is 8.81. The molecule has 0 radical (unpaired) electrons. The van der Waals surface area contributed by atoms with Gasteiger partial charge in [-0.1, -0.05) is 6.92 Å². The molecule has 19 heavy (non-hydrogen) atoms. The number of rotatable bonds is 9. The van der Waals surface area contributed by atoms with Gasteiger partial charge in [-0.3, -0.25) is 0 Å². The molecule has 0 atom stereocenters. The number of nitrogens with one attached hydrogen (secondary N) is 1. The zero-order valence-corrected chi connectivity index (χ0v) is 12.7. The van der Waals surface area contributed by atoms with Crippen LogP contribution in [0.1, 0.15) is 37.3 Å². The molecular formula is C16H27NO2. The van der Waals surface area contributed by atoms with Crippen molar-refractivity contribution < 1.29 is 9.47 Å². The lowest BCUT2D eigenvalue weighted by Crippen LogP contribution is -2.15. The van der Waals surface area contributed by atoms with Crippen molar-refractivity contribution in [1.29, 1.82) is 0 Å². The molecule has 0 aliphatic rings. The summed E-state index contributed by atoms with van der Waals surface area (Å²) in [6, 6.07) is 4.16. The second-order valence-electron chi connectivity index (χ2n) is 4.84. The van der Waals surface area contributed by atoms with Crippen LogP contribution in [-0.2, 0) is 6.42 Å². The molecule has 1 aromatic rings. The van der Waals surface area contributed by atoms with E-state index >= 15 is 0 Å². The summed E-state index contributed by atoms with van der Waals surface area (Å²) in [7, 11) is 3.36. The van der Waals surface area contributed by atoms with Crippen LogP contribution in [0.5, 0.6) is 11.5 Å². The predicted molar refractivity (Wildman–Crippen MR) is 80.4 cm³/mol. The van der Waals surface area contributed by atoms with Gasteiger partial charge in [-0.25, -0.2) is 0 Å². The Labute approximate surface area is 117 Å². The van der Waals surface area contributed by atoms with E-state index < -0.39 is 0 Å². The van der Waals surface area contributed by atoms with Gasteiger partial charge in [-0.15, -0.1) is 0 Å². The number of benzene rings is 1. The van der Waals surface area contributed by atoms with Crippen LogP contribution in [0.15, 0.2) is 12.1 Å². The molecular weight excluding hydrogens is 238 g/mol. The Morgan fingerprint density at radius 3 is 2.32 bits per heavy atom. The molecule has 0 saturated carbocycles. The standard InChI is InChI=1S/C16H27NO2/c1-5-9-17-10-7-6-8-14-12-16(19-4)15(18-3)11-13(14)2/h11-12,17H,5-10H2,1-4H3. The largest absolute Gasteiger partial charge is 0.493 e. The first-order valence-corrected chi connectivity index (χ1v) is 7.15. The molecule has 0 heterocycles. The molecule has 0 aliphatic heterocycles. The second-order valence-corrected chi connectivity index (χ2v) is 4.84. The van der Waals surface area contributed by atoms with Gasteiger partial charge in [-0.05, 0) is 69.0 Å². The van der Waals surface area contributed by atoms with Crippen molar-refractivity contribution in [3.8, 4) is 11.5 Å². The van der Waals surface area contributed by atoms with Crippen LogP contribution in [0.2, 0.25) is 0 Å². The number of aryl methyl sites for hydroxylation is 2. The third-order valence-electron chi connectivity index (χ3n) is 3.32. The quantitative estimate of drug-likeness (QED) is 0.695. The van der Waals surface area contributed by atoms with E-state index in [1.807, 2.05) is 0 Å². The Hall–Kier alpha value is -1.22. The van der Waals surface area contributed by atoms with Gasteiger partial charge in [0.15, 0.2) is 11.5 Å². The summed E-state index contributed by atoms with van der Waals surface area (Å²) in [5, 5.41) is 3.43. The molecule has 0 spiro atoms. The third kappa shape index (κ3) is 5.11. The van der Waals surface area contributed by atoms with Gasteiger partial charge >= 0.3 is 0 Å². The lowest BCUT2D eigenvalue weighted by molar-refractivity contribution is 0.354. The molecule has 0 saturated heterocycles. The summed E-state index contributed by atoms with van der Waals surface area (Å²) >= 11 is 0. The van der Waals surface area contributed by atoms with Crippen molar-refractivity contribution in [2.75, 3.05) is 27.3 Å². The van der Waals surface area contributed by atoms with Crippen molar-refractivity contribution in [3.05, 3.63) is 23.3 Å². The van der Waals surface area contributed by atoms with Crippen LogP contribution in [0.4, 0.5) is 0 Å². The van der Waals surface area contributed by atoms with E-state index in [9.17, 15) is 0 Å². The van der Waals surface area contributed by atoms with Gasteiger partial charge in [0.05, 0.1) is 14.2 Å². The Morgan fingerprint density at radius 1 is 1.00 bits per heavy atom. The van der Waals surface area contributed by atoms with Crippen LogP contribution < -0.4 is 14.8 Å². The topological polar surface area (TPSA) is 30.5 Å². The van der Waals surface area contributed by atoms with Crippen molar-refractivity contribution in [2.24, 2.45) is 0 Å². The third-order valence-corrected chi connectivity index (χ3v) is 3.32. The van der Waals surface area contributed by atoms with E-state index in [2.05, 4.69) is 31.3 Å². The predicted octanol–water partition coefficient (Wildman–Crippen LogP) is 3.33. The summed E-state index contributed by atoms with van der Waals surface area (Å²) in [5.41, 5.74) is 2.63. The molecule has 3 nitrogen and oxygen atoms in total. The first kappa shape index (κ1) is 15.8. The summed E-state index contributed by atoms with van der Waals surface area (Å²) in [5.74, 6) is 1.64. The van der Waals surface area contributed by atoms with E-state index in [-0.39, 0.29) is 0 Å². The molecule has 0 unspecified atom stereocenters. The maximum absolute atomic E-state index is 5.35. The molecule has 3 heteroatoms. The van der Waals surface area contributed by atoms with Gasteiger partial charge in [-0.2, -0.15) is 0 Å². The highest BCUT2D eigenvalue weighted by atomic mass is 16.5. The average Bonchev–Trinajstić information content (AvgIpc) is 2.43. The molecule has 0 fully saturated rings. The summed E-state index contributed by atoms with van der Waals surface area (Å²) < 4.78 is 10.7. The molecule has 1 N–H and O–H groups in total. The average molecular weight is 265 g/mol. The monoisotopic (exact) mass is 265 g/mol. The van der Waals surface area contributed by atoms with Crippen molar-refractivity contribution in [3.63, 3.8) is 0 Å². The molecule has 108 valence electrons. The molecule has 1 rings (SSSR count). The Kier molecular flexibility index (Phi) is 7.34. The van der Waals surface area contributed by atoms with Crippen LogP contribution in [0.25, 0.3) is 0 Å². The highest BCUT2D eigenvalue weighted by molar-refractivity contribution is 5.47. The highest BCUT2D eigenvalue weighted by Gasteiger charge is 2.08. The van der Waals surface area contributed by atoms with Crippen molar-refractivity contribution in [2.45, 2.75) is 39.5 Å². The minimum absolute atomic E-state index is 0.813. The van der Waals surface area contributed by atoms with Crippen LogP contribution in [-0.4, -0.2) is 27.3 Å². The van der Waals surface area contributed by atoms with Gasteiger partial charge < -0.3 is 14.8 Å². The fraction of sp³-hybridized carbons (Fsp3) is 0.625. The molecule has 0 aliphatic carbocycles. The molecule has 0 amide bonds. The van der Waals surface area contributed by atoms with Crippen LogP contribution in [0, 0.1) is 6.92 Å². The number of unbranched alkanes of at least 4 members (excludes halogenated alkanes) is 1. The van der Waals surface area contributed by atoms with Crippen LogP contribution in [0.3, 0.4) is 0 Å². The lowest BCUT2D eigenvalue weighted by Gasteiger charge is -2.12. The van der Waals surface area contributed by atoms with Crippen molar-refractivity contribution >= 4 is 0 Å². The summed E-state index contributed by atoms with van der Waals surface area (Å²) in [6.45, 7) is 6.56. The van der Waals surface area contributed by atoms with E-state index in [0.717, 1.165) is 31.0 Å². The van der Waals surface area contributed by atoms with Crippen molar-refractivity contribution in [1.82, 2.24) is 5.32 Å². The fourth-order valence-corrected chi connectivity index (χ4v) is 2.16. The molecule has 1 aromatic carbocycles. The Balaban J connectivity index is 2.49.